The van der Waals surface area contributed by atoms with Crippen LogP contribution in [0.1, 0.15) is 5.56 Å². The van der Waals surface area contributed by atoms with Crippen molar-refractivity contribution in [2.75, 3.05) is 0 Å². The number of hydrogen-bond acceptors (Lipinski definition) is 7. The summed E-state index contributed by atoms with van der Waals surface area (Å²) in [5.74, 6) is 0.531. The normalized spacial score (nSPS) is 11.0. The molecule has 1 aromatic carbocycles. The van der Waals surface area contributed by atoms with Crippen molar-refractivity contribution in [2.45, 2.75) is 6.61 Å². The third kappa shape index (κ3) is 3.28. The minimum atomic E-state index is -0.302. The molecule has 7 nitrogen and oxygen atoms in total. The molecule has 4 aromatic rings. The third-order valence-electron chi connectivity index (χ3n) is 3.62. The first-order valence-electron chi connectivity index (χ1n) is 7.50. The van der Waals surface area contributed by atoms with Gasteiger partial charge in [0.15, 0.2) is 0 Å². The van der Waals surface area contributed by atoms with Crippen molar-refractivity contribution in [3.8, 4) is 22.1 Å². The smallest absolute Gasteiger partial charge is 0.368 e. The number of hydrogen-bond donors (Lipinski definition) is 0. The van der Waals surface area contributed by atoms with Gasteiger partial charge in [-0.05, 0) is 27.9 Å². The fraction of sp³-hybridized carbons (Fsp3) is 0.125. The summed E-state index contributed by atoms with van der Waals surface area (Å²) in [6.07, 6.45) is 0. The van der Waals surface area contributed by atoms with Crippen LogP contribution in [0.25, 0.3) is 16.3 Å². The number of thiophene rings is 1. The molecule has 0 aliphatic rings. The highest BCUT2D eigenvalue weighted by atomic mass is 35.5. The van der Waals surface area contributed by atoms with Crippen molar-refractivity contribution in [2.24, 2.45) is 7.05 Å². The molecule has 0 atom stereocenters. The van der Waals surface area contributed by atoms with Crippen LogP contribution in [0.3, 0.4) is 0 Å². The first kappa shape index (κ1) is 17.0. The summed E-state index contributed by atoms with van der Waals surface area (Å²) in [4.78, 5) is 16.5. The molecule has 0 aliphatic heterocycles. The minimum absolute atomic E-state index is 0.283. The lowest BCUT2D eigenvalue weighted by molar-refractivity contribution is 0.296. The molecule has 4 rings (SSSR count). The summed E-state index contributed by atoms with van der Waals surface area (Å²) in [5, 5.41) is 14.8. The van der Waals surface area contributed by atoms with Crippen molar-refractivity contribution in [1.29, 1.82) is 0 Å². The average Bonchev–Trinajstić information content (AvgIpc) is 3.36. The Morgan fingerprint density at radius 3 is 2.69 bits per heavy atom. The van der Waals surface area contributed by atoms with Gasteiger partial charge in [-0.25, -0.2) is 9.78 Å². The van der Waals surface area contributed by atoms with E-state index in [0.29, 0.717) is 16.6 Å². The maximum atomic E-state index is 12.0. The van der Waals surface area contributed by atoms with Gasteiger partial charge in [0.1, 0.15) is 11.6 Å². The predicted molar refractivity (Wildman–Crippen MR) is 101 cm³/mol. The molecular formula is C16H12ClN5O2S2. The van der Waals surface area contributed by atoms with Crippen LogP contribution in [-0.4, -0.2) is 24.8 Å². The first-order valence-corrected chi connectivity index (χ1v) is 9.70. The molecule has 0 aliphatic carbocycles. The number of benzene rings is 1. The quantitative estimate of drug-likeness (QED) is 0.508. The Kier molecular flexibility index (Phi) is 4.58. The number of nitrogens with zero attached hydrogens (tertiary/aromatic N) is 5. The van der Waals surface area contributed by atoms with Crippen molar-refractivity contribution in [3.05, 3.63) is 61.5 Å². The standard InChI is InChI=1S/C16H12ClN5O2S2/c1-21-16(23)22(20-19-21)13-8-25-7-11(13)6-24-14-9-26-15(18-14)10-2-4-12(17)5-3-10/h2-5,7-9H,6H2,1H3. The molecule has 0 spiro atoms. The Bertz CT molecular complexity index is 1100. The predicted octanol–water partition coefficient (Wildman–Crippen LogP) is 3.38. The van der Waals surface area contributed by atoms with E-state index in [1.807, 2.05) is 40.4 Å². The van der Waals surface area contributed by atoms with Crippen molar-refractivity contribution >= 4 is 34.3 Å². The van der Waals surface area contributed by atoms with Crippen LogP contribution in [0, 0.1) is 0 Å². The Balaban J connectivity index is 1.51. The van der Waals surface area contributed by atoms with E-state index in [4.69, 9.17) is 16.3 Å². The van der Waals surface area contributed by atoms with Gasteiger partial charge < -0.3 is 4.74 Å². The number of rotatable bonds is 5. The lowest BCUT2D eigenvalue weighted by Gasteiger charge is -2.03. The van der Waals surface area contributed by atoms with Crippen LogP contribution >= 0.6 is 34.3 Å². The highest BCUT2D eigenvalue weighted by molar-refractivity contribution is 7.13. The van der Waals surface area contributed by atoms with Gasteiger partial charge in [0.2, 0.25) is 5.88 Å². The minimum Gasteiger partial charge on any atom is -0.472 e. The van der Waals surface area contributed by atoms with Crippen LogP contribution in [0.15, 0.2) is 45.2 Å². The molecule has 0 saturated carbocycles. The number of thiazole rings is 1. The molecule has 10 heteroatoms. The van der Waals surface area contributed by atoms with Crippen molar-refractivity contribution in [3.63, 3.8) is 0 Å². The van der Waals surface area contributed by atoms with E-state index in [2.05, 4.69) is 15.4 Å². The van der Waals surface area contributed by atoms with Crippen LogP contribution in [0.5, 0.6) is 5.88 Å². The topological polar surface area (TPSA) is 74.8 Å². The summed E-state index contributed by atoms with van der Waals surface area (Å²) in [6.45, 7) is 0.283. The SMILES string of the molecule is Cn1nnn(-c2cscc2COc2csc(-c3ccc(Cl)cc3)n2)c1=O. The highest BCUT2D eigenvalue weighted by Crippen LogP contribution is 2.29. The van der Waals surface area contributed by atoms with Gasteiger partial charge in [0.25, 0.3) is 0 Å². The second-order valence-corrected chi connectivity index (χ2v) is 7.40. The van der Waals surface area contributed by atoms with E-state index >= 15 is 0 Å². The van der Waals surface area contributed by atoms with Crippen LogP contribution in [0.4, 0.5) is 0 Å². The fourth-order valence-corrected chi connectivity index (χ4v) is 3.95. The molecule has 3 aromatic heterocycles. The summed E-state index contributed by atoms with van der Waals surface area (Å²) in [7, 11) is 1.56. The monoisotopic (exact) mass is 405 g/mol. The molecule has 0 fully saturated rings. The zero-order valence-corrected chi connectivity index (χ0v) is 15.9. The third-order valence-corrected chi connectivity index (χ3v) is 5.52. The van der Waals surface area contributed by atoms with Crippen LogP contribution in [-0.2, 0) is 13.7 Å². The maximum Gasteiger partial charge on any atom is 0.368 e. The van der Waals surface area contributed by atoms with Crippen molar-refractivity contribution in [1.82, 2.24) is 24.8 Å². The van der Waals surface area contributed by atoms with E-state index in [-0.39, 0.29) is 12.3 Å². The lowest BCUT2D eigenvalue weighted by Crippen LogP contribution is -2.22. The summed E-state index contributed by atoms with van der Waals surface area (Å²) in [5.41, 5.74) is 2.19. The molecular weight excluding hydrogens is 394 g/mol. The first-order chi connectivity index (χ1) is 12.6. The van der Waals surface area contributed by atoms with E-state index in [9.17, 15) is 4.79 Å². The van der Waals surface area contributed by atoms with Gasteiger partial charge in [-0.1, -0.05) is 23.7 Å². The number of tetrazole rings is 1. The zero-order chi connectivity index (χ0) is 18.1. The zero-order valence-electron chi connectivity index (χ0n) is 13.5. The molecule has 0 bridgehead atoms. The van der Waals surface area contributed by atoms with E-state index < -0.39 is 0 Å². The van der Waals surface area contributed by atoms with Gasteiger partial charge >= 0.3 is 5.69 Å². The Morgan fingerprint density at radius 1 is 1.15 bits per heavy atom. The highest BCUT2D eigenvalue weighted by Gasteiger charge is 2.13. The number of ether oxygens (including phenoxy) is 1. The van der Waals surface area contributed by atoms with Crippen LogP contribution < -0.4 is 10.4 Å². The summed E-state index contributed by atoms with van der Waals surface area (Å²) >= 11 is 8.88. The molecule has 26 heavy (non-hydrogen) atoms. The second-order valence-electron chi connectivity index (χ2n) is 5.37. The Hall–Kier alpha value is -2.49. The molecule has 132 valence electrons. The van der Waals surface area contributed by atoms with E-state index in [1.165, 1.54) is 32.0 Å². The molecule has 0 N–H and O–H groups in total. The molecule has 0 unspecified atom stereocenters. The number of aromatic nitrogens is 5. The molecule has 0 amide bonds. The number of aryl methyl sites for hydroxylation is 1. The lowest BCUT2D eigenvalue weighted by atomic mass is 10.2. The molecule has 0 saturated heterocycles. The summed E-state index contributed by atoms with van der Waals surface area (Å²) < 4.78 is 8.24. The van der Waals surface area contributed by atoms with Gasteiger partial charge in [0.05, 0.1) is 11.1 Å². The average molecular weight is 406 g/mol. The largest absolute Gasteiger partial charge is 0.472 e. The second kappa shape index (κ2) is 7.02. The maximum absolute atomic E-state index is 12.0. The summed E-state index contributed by atoms with van der Waals surface area (Å²) in [6, 6.07) is 7.50. The van der Waals surface area contributed by atoms with E-state index in [0.717, 1.165) is 16.1 Å². The molecule has 3 heterocycles. The fourth-order valence-electron chi connectivity index (χ4n) is 2.28. The Labute approximate surface area is 161 Å². The van der Waals surface area contributed by atoms with Crippen LogP contribution in [0.2, 0.25) is 5.02 Å². The molecule has 0 radical (unpaired) electrons. The van der Waals surface area contributed by atoms with Gasteiger partial charge in [-0.2, -0.15) is 9.36 Å². The van der Waals surface area contributed by atoms with Crippen molar-refractivity contribution < 1.29 is 4.74 Å². The van der Waals surface area contributed by atoms with E-state index in [1.54, 1.807) is 7.05 Å². The number of halogens is 1. The van der Waals surface area contributed by atoms with Gasteiger partial charge in [-0.15, -0.1) is 22.7 Å². The van der Waals surface area contributed by atoms with Gasteiger partial charge in [-0.3, -0.25) is 0 Å². The van der Waals surface area contributed by atoms with Gasteiger partial charge in [0, 0.05) is 28.6 Å². The Morgan fingerprint density at radius 2 is 1.96 bits per heavy atom.